The molecule has 26 heavy (non-hydrogen) atoms. The summed E-state index contributed by atoms with van der Waals surface area (Å²) in [5.74, 6) is 2.78. The van der Waals surface area contributed by atoms with Crippen LogP contribution in [0.3, 0.4) is 0 Å². The zero-order valence-electron chi connectivity index (χ0n) is 15.5. The summed E-state index contributed by atoms with van der Waals surface area (Å²) in [5.41, 5.74) is 0. The fraction of sp³-hybridized carbons (Fsp3) is 0.647. The smallest absolute Gasteiger partial charge is 0.227 e. The van der Waals surface area contributed by atoms with Crippen molar-refractivity contribution in [1.82, 2.24) is 29.6 Å². The Morgan fingerprint density at radius 2 is 2.08 bits per heavy atom. The van der Waals surface area contributed by atoms with Crippen molar-refractivity contribution >= 4 is 11.8 Å². The van der Waals surface area contributed by atoms with Crippen molar-refractivity contribution in [2.75, 3.05) is 56.2 Å². The first-order chi connectivity index (χ1) is 12.7. The second-order valence-electron chi connectivity index (χ2n) is 6.90. The molecule has 4 rings (SSSR count). The summed E-state index contributed by atoms with van der Waals surface area (Å²) in [6.45, 7) is 6.07. The van der Waals surface area contributed by atoms with Crippen molar-refractivity contribution in [3.05, 3.63) is 24.4 Å². The van der Waals surface area contributed by atoms with Crippen LogP contribution in [0.15, 0.2) is 18.6 Å². The predicted molar refractivity (Wildman–Crippen MR) is 98.2 cm³/mol. The highest BCUT2D eigenvalue weighted by atomic mass is 16.5. The zero-order chi connectivity index (χ0) is 17.9. The van der Waals surface area contributed by atoms with Gasteiger partial charge in [-0.3, -0.25) is 9.58 Å². The first kappa shape index (κ1) is 17.2. The number of aromatic nitrogens is 5. The number of rotatable bonds is 5. The molecule has 0 N–H and O–H groups in total. The molecule has 2 aliphatic heterocycles. The van der Waals surface area contributed by atoms with Crippen molar-refractivity contribution in [2.24, 2.45) is 7.05 Å². The predicted octanol–water partition coefficient (Wildman–Crippen LogP) is 0.152. The second kappa shape index (κ2) is 7.55. The van der Waals surface area contributed by atoms with Crippen LogP contribution in [0.4, 0.5) is 11.8 Å². The molecule has 4 heterocycles. The Morgan fingerprint density at radius 1 is 1.23 bits per heavy atom. The third-order valence-electron chi connectivity index (χ3n) is 5.25. The number of anilines is 2. The number of hydrogen-bond acceptors (Lipinski definition) is 8. The summed E-state index contributed by atoms with van der Waals surface area (Å²) >= 11 is 0. The van der Waals surface area contributed by atoms with Crippen LogP contribution in [0.1, 0.15) is 12.2 Å². The standard InChI is InChI=1S/C17H26N8O/c1-22(14-4-6-24(11-14)12-16-19-13-20-23(16)2)15-3-5-18-17(21-15)25-7-9-26-10-8-25/h3,5,13-14H,4,6-12H2,1-2H3. The van der Waals surface area contributed by atoms with Crippen LogP contribution in [0.2, 0.25) is 0 Å². The fourth-order valence-electron chi connectivity index (χ4n) is 3.57. The average Bonchev–Trinajstić information content (AvgIpc) is 3.32. The molecular weight excluding hydrogens is 332 g/mol. The van der Waals surface area contributed by atoms with E-state index < -0.39 is 0 Å². The van der Waals surface area contributed by atoms with E-state index in [0.717, 1.165) is 69.9 Å². The Kier molecular flexibility index (Phi) is 4.98. The third kappa shape index (κ3) is 3.63. The molecule has 0 saturated carbocycles. The highest BCUT2D eigenvalue weighted by molar-refractivity contribution is 5.44. The molecule has 0 bridgehead atoms. The van der Waals surface area contributed by atoms with Crippen LogP contribution in [0.25, 0.3) is 0 Å². The quantitative estimate of drug-likeness (QED) is 0.748. The van der Waals surface area contributed by atoms with Crippen LogP contribution in [0, 0.1) is 0 Å². The van der Waals surface area contributed by atoms with Gasteiger partial charge in [-0.1, -0.05) is 0 Å². The first-order valence-electron chi connectivity index (χ1n) is 9.14. The number of morpholine rings is 1. The van der Waals surface area contributed by atoms with Gasteiger partial charge in [-0.25, -0.2) is 9.97 Å². The van der Waals surface area contributed by atoms with Gasteiger partial charge in [0.05, 0.1) is 19.8 Å². The number of aryl methyl sites for hydroxylation is 1. The lowest BCUT2D eigenvalue weighted by molar-refractivity contribution is 0.122. The third-order valence-corrected chi connectivity index (χ3v) is 5.25. The normalized spacial score (nSPS) is 21.3. The minimum absolute atomic E-state index is 0.440. The summed E-state index contributed by atoms with van der Waals surface area (Å²) in [4.78, 5) is 20.5. The monoisotopic (exact) mass is 358 g/mol. The lowest BCUT2D eigenvalue weighted by Crippen LogP contribution is -2.38. The minimum atomic E-state index is 0.440. The van der Waals surface area contributed by atoms with Crippen LogP contribution in [-0.2, 0) is 18.3 Å². The topological polar surface area (TPSA) is 75.4 Å². The van der Waals surface area contributed by atoms with Gasteiger partial charge in [0.2, 0.25) is 5.95 Å². The maximum atomic E-state index is 5.42. The molecule has 0 amide bonds. The van der Waals surface area contributed by atoms with Crippen molar-refractivity contribution < 1.29 is 4.74 Å². The molecule has 0 spiro atoms. The van der Waals surface area contributed by atoms with Gasteiger partial charge >= 0.3 is 0 Å². The molecule has 1 unspecified atom stereocenters. The molecule has 1 atom stereocenters. The molecule has 0 aromatic carbocycles. The Labute approximate surface area is 153 Å². The van der Waals surface area contributed by atoms with Crippen molar-refractivity contribution in [3.63, 3.8) is 0 Å². The number of likely N-dealkylation sites (N-methyl/N-ethyl adjacent to an activating group) is 1. The van der Waals surface area contributed by atoms with Gasteiger partial charge in [-0.2, -0.15) is 10.1 Å². The summed E-state index contributed by atoms with van der Waals surface area (Å²) in [6.07, 6.45) is 4.59. The molecular formula is C17H26N8O. The molecule has 9 nitrogen and oxygen atoms in total. The molecule has 2 saturated heterocycles. The molecule has 2 aromatic heterocycles. The lowest BCUT2D eigenvalue weighted by atomic mass is 10.2. The number of likely N-dealkylation sites (tertiary alicyclic amines) is 1. The average molecular weight is 358 g/mol. The SMILES string of the molecule is CN(c1ccnc(N2CCOCC2)n1)C1CCN(Cc2ncnn2C)C1. The summed E-state index contributed by atoms with van der Waals surface area (Å²) in [7, 11) is 4.07. The lowest BCUT2D eigenvalue weighted by Gasteiger charge is -2.29. The van der Waals surface area contributed by atoms with Crippen LogP contribution < -0.4 is 9.80 Å². The van der Waals surface area contributed by atoms with E-state index in [-0.39, 0.29) is 0 Å². The molecule has 2 fully saturated rings. The van der Waals surface area contributed by atoms with Gasteiger partial charge in [0.1, 0.15) is 18.0 Å². The molecule has 0 radical (unpaired) electrons. The minimum Gasteiger partial charge on any atom is -0.378 e. The van der Waals surface area contributed by atoms with Gasteiger partial charge in [0, 0.05) is 52.5 Å². The molecule has 2 aliphatic rings. The Hall–Kier alpha value is -2.26. The van der Waals surface area contributed by atoms with E-state index in [9.17, 15) is 0 Å². The fourth-order valence-corrected chi connectivity index (χ4v) is 3.57. The van der Waals surface area contributed by atoms with Gasteiger partial charge in [-0.05, 0) is 12.5 Å². The van der Waals surface area contributed by atoms with E-state index in [2.05, 4.69) is 36.8 Å². The largest absolute Gasteiger partial charge is 0.378 e. The van der Waals surface area contributed by atoms with E-state index >= 15 is 0 Å². The first-order valence-corrected chi connectivity index (χ1v) is 9.14. The van der Waals surface area contributed by atoms with E-state index in [4.69, 9.17) is 9.72 Å². The molecule has 0 aliphatic carbocycles. The maximum Gasteiger partial charge on any atom is 0.227 e. The number of nitrogens with zero attached hydrogens (tertiary/aromatic N) is 8. The Balaban J connectivity index is 1.40. The van der Waals surface area contributed by atoms with Crippen LogP contribution >= 0.6 is 0 Å². The van der Waals surface area contributed by atoms with Gasteiger partial charge < -0.3 is 14.5 Å². The van der Waals surface area contributed by atoms with Crippen LogP contribution in [0.5, 0.6) is 0 Å². The summed E-state index contributed by atoms with van der Waals surface area (Å²) in [5, 5.41) is 4.15. The highest BCUT2D eigenvalue weighted by Crippen LogP contribution is 2.22. The van der Waals surface area contributed by atoms with E-state index in [1.54, 1.807) is 6.33 Å². The second-order valence-corrected chi connectivity index (χ2v) is 6.90. The van der Waals surface area contributed by atoms with Gasteiger partial charge in [0.25, 0.3) is 0 Å². The van der Waals surface area contributed by atoms with Gasteiger partial charge in [0.15, 0.2) is 0 Å². The maximum absolute atomic E-state index is 5.42. The Morgan fingerprint density at radius 3 is 2.85 bits per heavy atom. The molecule has 140 valence electrons. The van der Waals surface area contributed by atoms with E-state index in [1.807, 2.05) is 24.0 Å². The summed E-state index contributed by atoms with van der Waals surface area (Å²) < 4.78 is 7.26. The zero-order valence-corrected chi connectivity index (χ0v) is 15.5. The number of ether oxygens (including phenoxy) is 1. The molecule has 2 aromatic rings. The van der Waals surface area contributed by atoms with Gasteiger partial charge in [-0.15, -0.1) is 0 Å². The van der Waals surface area contributed by atoms with E-state index in [1.165, 1.54) is 0 Å². The van der Waals surface area contributed by atoms with E-state index in [0.29, 0.717) is 6.04 Å². The van der Waals surface area contributed by atoms with Crippen LogP contribution in [-0.4, -0.2) is 82.1 Å². The Bertz CT molecular complexity index is 729. The van der Waals surface area contributed by atoms with Crippen molar-refractivity contribution in [3.8, 4) is 0 Å². The van der Waals surface area contributed by atoms with Crippen molar-refractivity contribution in [2.45, 2.75) is 19.0 Å². The summed E-state index contributed by atoms with van der Waals surface area (Å²) in [6, 6.07) is 2.44. The molecule has 9 heteroatoms. The van der Waals surface area contributed by atoms with Crippen molar-refractivity contribution in [1.29, 1.82) is 0 Å². The number of hydrogen-bond donors (Lipinski definition) is 0. The highest BCUT2D eigenvalue weighted by Gasteiger charge is 2.27.